The number of piperazine rings is 1. The zero-order valence-corrected chi connectivity index (χ0v) is 12.3. The predicted molar refractivity (Wildman–Crippen MR) is 81.2 cm³/mol. The van der Waals surface area contributed by atoms with Gasteiger partial charge in [0.1, 0.15) is 0 Å². The minimum atomic E-state index is -0.572. The van der Waals surface area contributed by atoms with Gasteiger partial charge in [-0.2, -0.15) is 0 Å². The molecule has 1 N–H and O–H groups in total. The van der Waals surface area contributed by atoms with Crippen LogP contribution in [-0.4, -0.2) is 48.8 Å². The van der Waals surface area contributed by atoms with Crippen molar-refractivity contribution in [2.45, 2.75) is 18.9 Å². The summed E-state index contributed by atoms with van der Waals surface area (Å²) in [7, 11) is 0. The van der Waals surface area contributed by atoms with Gasteiger partial charge in [0.15, 0.2) is 0 Å². The largest absolute Gasteiger partial charge is 0.368 e. The van der Waals surface area contributed by atoms with Gasteiger partial charge in [-0.1, -0.05) is 11.6 Å². The molecule has 0 atom stereocenters. The van der Waals surface area contributed by atoms with Crippen molar-refractivity contribution < 1.29 is 9.59 Å². The molecular formula is C15H16ClN3O2. The van der Waals surface area contributed by atoms with Crippen LogP contribution in [0.5, 0.6) is 0 Å². The average molecular weight is 306 g/mol. The van der Waals surface area contributed by atoms with E-state index in [1.54, 1.807) is 6.07 Å². The maximum Gasteiger partial charge on any atom is 0.296 e. The van der Waals surface area contributed by atoms with E-state index in [2.05, 4.69) is 15.1 Å². The van der Waals surface area contributed by atoms with Gasteiger partial charge in [-0.05, 0) is 25.0 Å². The van der Waals surface area contributed by atoms with E-state index in [1.807, 2.05) is 6.07 Å². The van der Waals surface area contributed by atoms with Crippen LogP contribution in [0.25, 0.3) is 0 Å². The first-order chi connectivity index (χ1) is 10.1. The van der Waals surface area contributed by atoms with Crippen molar-refractivity contribution in [2.24, 2.45) is 0 Å². The number of carbonyl (C=O) groups is 2. The summed E-state index contributed by atoms with van der Waals surface area (Å²) in [5.41, 5.74) is 1.86. The van der Waals surface area contributed by atoms with Gasteiger partial charge in [0.25, 0.3) is 11.7 Å². The minimum absolute atomic E-state index is 0.380. The molecule has 110 valence electrons. The normalized spacial score (nSPS) is 22.4. The van der Waals surface area contributed by atoms with Crippen LogP contribution in [-0.2, 0) is 4.79 Å². The van der Waals surface area contributed by atoms with Crippen molar-refractivity contribution >= 4 is 34.7 Å². The third-order valence-electron chi connectivity index (χ3n) is 4.50. The topological polar surface area (TPSA) is 52.7 Å². The standard InChI is InChI=1S/C15H16ClN3O2/c16-11-7-10-12(17-15(21)14(10)20)8-13(11)19-5-3-18(4-6-19)9-1-2-9/h7-9H,1-6H2,(H,17,20,21). The van der Waals surface area contributed by atoms with Crippen molar-refractivity contribution in [2.75, 3.05) is 36.4 Å². The number of nitrogens with one attached hydrogen (secondary N) is 1. The highest BCUT2D eigenvalue weighted by molar-refractivity contribution is 6.52. The molecule has 1 aromatic rings. The van der Waals surface area contributed by atoms with Gasteiger partial charge in [-0.15, -0.1) is 0 Å². The van der Waals surface area contributed by atoms with Crippen LogP contribution in [0.4, 0.5) is 11.4 Å². The lowest BCUT2D eigenvalue weighted by molar-refractivity contribution is -0.112. The fourth-order valence-electron chi connectivity index (χ4n) is 3.16. The summed E-state index contributed by atoms with van der Waals surface area (Å²) in [5, 5.41) is 3.15. The Kier molecular flexibility index (Phi) is 2.94. The lowest BCUT2D eigenvalue weighted by atomic mass is 10.1. The zero-order valence-electron chi connectivity index (χ0n) is 11.6. The number of hydrogen-bond acceptors (Lipinski definition) is 4. The number of fused-ring (bicyclic) bond motifs is 1. The summed E-state index contributed by atoms with van der Waals surface area (Å²) < 4.78 is 0. The molecule has 5 nitrogen and oxygen atoms in total. The van der Waals surface area contributed by atoms with Gasteiger partial charge < -0.3 is 10.2 Å². The first-order valence-electron chi connectivity index (χ1n) is 7.32. The van der Waals surface area contributed by atoms with E-state index < -0.39 is 11.7 Å². The Morgan fingerprint density at radius 2 is 1.81 bits per heavy atom. The fourth-order valence-corrected chi connectivity index (χ4v) is 3.45. The van der Waals surface area contributed by atoms with Crippen LogP contribution in [0.2, 0.25) is 5.02 Å². The van der Waals surface area contributed by atoms with E-state index in [1.165, 1.54) is 12.8 Å². The molecule has 0 unspecified atom stereocenters. The highest BCUT2D eigenvalue weighted by Crippen LogP contribution is 2.36. The summed E-state index contributed by atoms with van der Waals surface area (Å²) in [5.74, 6) is -1.08. The SMILES string of the molecule is O=C1Nc2cc(N3CCN(C4CC4)CC3)c(Cl)cc2C1=O. The van der Waals surface area contributed by atoms with Gasteiger partial charge in [-0.3, -0.25) is 14.5 Å². The van der Waals surface area contributed by atoms with E-state index in [0.29, 0.717) is 16.3 Å². The van der Waals surface area contributed by atoms with Crippen molar-refractivity contribution in [3.8, 4) is 0 Å². The van der Waals surface area contributed by atoms with Crippen LogP contribution in [0.1, 0.15) is 23.2 Å². The molecule has 0 radical (unpaired) electrons. The van der Waals surface area contributed by atoms with Crippen molar-refractivity contribution in [3.63, 3.8) is 0 Å². The number of rotatable bonds is 2. The fraction of sp³-hybridized carbons (Fsp3) is 0.467. The summed E-state index contributed by atoms with van der Waals surface area (Å²) in [6, 6.07) is 4.23. The molecule has 1 aromatic carbocycles. The third-order valence-corrected chi connectivity index (χ3v) is 4.81. The monoisotopic (exact) mass is 305 g/mol. The Balaban J connectivity index is 1.57. The van der Waals surface area contributed by atoms with E-state index in [4.69, 9.17) is 11.6 Å². The van der Waals surface area contributed by atoms with Crippen molar-refractivity contribution in [3.05, 3.63) is 22.7 Å². The van der Waals surface area contributed by atoms with Crippen molar-refractivity contribution in [1.29, 1.82) is 0 Å². The Morgan fingerprint density at radius 1 is 1.10 bits per heavy atom. The number of anilines is 2. The molecule has 3 aliphatic rings. The molecule has 2 heterocycles. The second-order valence-electron chi connectivity index (χ2n) is 5.89. The minimum Gasteiger partial charge on any atom is -0.368 e. The van der Waals surface area contributed by atoms with Gasteiger partial charge in [0.2, 0.25) is 0 Å². The van der Waals surface area contributed by atoms with Gasteiger partial charge >= 0.3 is 0 Å². The molecule has 0 bridgehead atoms. The Morgan fingerprint density at radius 3 is 2.48 bits per heavy atom. The molecule has 2 fully saturated rings. The number of Topliss-reactive ketones (excluding diaryl/α,β-unsaturated/α-hetero) is 1. The van der Waals surface area contributed by atoms with Gasteiger partial charge in [-0.25, -0.2) is 0 Å². The predicted octanol–water partition coefficient (Wildman–Crippen LogP) is 1.76. The quantitative estimate of drug-likeness (QED) is 0.846. The van der Waals surface area contributed by atoms with Crippen LogP contribution < -0.4 is 10.2 Å². The first-order valence-corrected chi connectivity index (χ1v) is 7.69. The van der Waals surface area contributed by atoms with E-state index >= 15 is 0 Å². The smallest absolute Gasteiger partial charge is 0.296 e. The summed E-state index contributed by atoms with van der Waals surface area (Å²) in [6.45, 7) is 3.94. The maximum absolute atomic E-state index is 11.7. The maximum atomic E-state index is 11.7. The van der Waals surface area contributed by atoms with Crippen LogP contribution in [0.3, 0.4) is 0 Å². The highest BCUT2D eigenvalue weighted by Gasteiger charge is 2.33. The molecule has 1 saturated carbocycles. The molecule has 0 spiro atoms. The first kappa shape index (κ1) is 13.1. The Bertz CT molecular complexity index is 634. The summed E-state index contributed by atoms with van der Waals surface area (Å²) in [6.07, 6.45) is 2.65. The molecule has 2 aliphatic heterocycles. The molecule has 4 rings (SSSR count). The second-order valence-corrected chi connectivity index (χ2v) is 6.29. The number of nitrogens with zero attached hydrogens (tertiary/aromatic N) is 2. The molecule has 6 heteroatoms. The number of ketones is 1. The Labute approximate surface area is 127 Å². The number of amides is 1. The summed E-state index contributed by atoms with van der Waals surface area (Å²) in [4.78, 5) is 27.9. The molecule has 1 amide bonds. The second kappa shape index (κ2) is 4.71. The number of hydrogen-bond donors (Lipinski definition) is 1. The number of carbonyl (C=O) groups excluding carboxylic acids is 2. The van der Waals surface area contributed by atoms with E-state index in [9.17, 15) is 9.59 Å². The lowest BCUT2D eigenvalue weighted by Gasteiger charge is -2.36. The van der Waals surface area contributed by atoms with Crippen LogP contribution in [0, 0.1) is 0 Å². The molecule has 1 saturated heterocycles. The van der Waals surface area contributed by atoms with E-state index in [-0.39, 0.29) is 0 Å². The average Bonchev–Trinajstić information content (AvgIpc) is 3.29. The third kappa shape index (κ3) is 2.21. The number of halogens is 1. The molecule has 1 aliphatic carbocycles. The van der Waals surface area contributed by atoms with Gasteiger partial charge in [0.05, 0.1) is 22.0 Å². The van der Waals surface area contributed by atoms with Gasteiger partial charge in [0, 0.05) is 32.2 Å². The van der Waals surface area contributed by atoms with Crippen molar-refractivity contribution in [1.82, 2.24) is 4.90 Å². The molecule has 21 heavy (non-hydrogen) atoms. The summed E-state index contributed by atoms with van der Waals surface area (Å²) >= 11 is 6.32. The van der Waals surface area contributed by atoms with Crippen LogP contribution >= 0.6 is 11.6 Å². The zero-order chi connectivity index (χ0) is 14.6. The highest BCUT2D eigenvalue weighted by atomic mass is 35.5. The number of benzene rings is 1. The molecule has 0 aromatic heterocycles. The molecular weight excluding hydrogens is 290 g/mol. The lowest BCUT2D eigenvalue weighted by Crippen LogP contribution is -2.47. The van der Waals surface area contributed by atoms with E-state index in [0.717, 1.165) is 37.9 Å². The van der Waals surface area contributed by atoms with Crippen LogP contribution in [0.15, 0.2) is 12.1 Å². The Hall–Kier alpha value is -1.59.